The maximum Gasteiger partial charge on any atom is 0.124 e. The van der Waals surface area contributed by atoms with Gasteiger partial charge in [-0.3, -0.25) is 4.90 Å². The Morgan fingerprint density at radius 1 is 1.40 bits per heavy atom. The Balaban J connectivity index is 2.27. The van der Waals surface area contributed by atoms with Crippen molar-refractivity contribution in [3.63, 3.8) is 0 Å². The Labute approximate surface area is 131 Å². The summed E-state index contributed by atoms with van der Waals surface area (Å²) < 4.78 is 14.0. The van der Waals surface area contributed by atoms with E-state index >= 15 is 0 Å². The van der Waals surface area contributed by atoms with Crippen molar-refractivity contribution < 1.29 is 4.39 Å². The number of nitrogens with two attached hydrogens (primary N) is 1. The largest absolute Gasteiger partial charge is 0.329 e. The summed E-state index contributed by atoms with van der Waals surface area (Å²) in [6, 6.07) is 9.25. The van der Waals surface area contributed by atoms with E-state index in [9.17, 15) is 4.39 Å². The standard InChI is InChI=1S/C15H18BrFN2S/c1-10(15-4-3-7-20-15)19(2)14(9-18)12-6-5-11(17)8-13(12)16/h3-8,10,14H,9,18H2,1-2H3. The van der Waals surface area contributed by atoms with Crippen LogP contribution in [-0.2, 0) is 0 Å². The van der Waals surface area contributed by atoms with Gasteiger partial charge in [0.2, 0.25) is 0 Å². The molecule has 2 rings (SSSR count). The normalized spacial score (nSPS) is 14.5. The van der Waals surface area contributed by atoms with Crippen LogP contribution in [0, 0.1) is 5.82 Å². The van der Waals surface area contributed by atoms with E-state index < -0.39 is 0 Å². The fourth-order valence-corrected chi connectivity index (χ4v) is 3.73. The Morgan fingerprint density at radius 2 is 2.15 bits per heavy atom. The molecule has 5 heteroatoms. The quantitative estimate of drug-likeness (QED) is 0.862. The van der Waals surface area contributed by atoms with Crippen LogP contribution in [-0.4, -0.2) is 18.5 Å². The van der Waals surface area contributed by atoms with Gasteiger partial charge in [-0.15, -0.1) is 11.3 Å². The van der Waals surface area contributed by atoms with Crippen LogP contribution in [0.3, 0.4) is 0 Å². The van der Waals surface area contributed by atoms with E-state index in [1.807, 2.05) is 0 Å². The molecule has 0 amide bonds. The topological polar surface area (TPSA) is 29.3 Å². The molecule has 108 valence electrons. The second-order valence-corrected chi connectivity index (χ2v) is 6.61. The van der Waals surface area contributed by atoms with Crippen LogP contribution in [0.5, 0.6) is 0 Å². The minimum Gasteiger partial charge on any atom is -0.329 e. The van der Waals surface area contributed by atoms with Gasteiger partial charge < -0.3 is 5.73 Å². The predicted octanol–water partition coefficient (Wildman–Crippen LogP) is 4.34. The van der Waals surface area contributed by atoms with Crippen LogP contribution in [0.1, 0.15) is 29.4 Å². The number of rotatable bonds is 5. The molecule has 0 aliphatic carbocycles. The van der Waals surface area contributed by atoms with Gasteiger partial charge in [0.25, 0.3) is 0 Å². The Kier molecular flexibility index (Phi) is 5.32. The van der Waals surface area contributed by atoms with E-state index in [1.165, 1.54) is 17.0 Å². The Hall–Kier alpha value is -0.750. The van der Waals surface area contributed by atoms with E-state index in [1.54, 1.807) is 17.4 Å². The van der Waals surface area contributed by atoms with Crippen molar-refractivity contribution in [2.24, 2.45) is 5.73 Å². The highest BCUT2D eigenvalue weighted by Crippen LogP contribution is 2.33. The van der Waals surface area contributed by atoms with Gasteiger partial charge in [-0.1, -0.05) is 28.1 Å². The average molecular weight is 357 g/mol. The average Bonchev–Trinajstić information content (AvgIpc) is 2.94. The highest BCUT2D eigenvalue weighted by atomic mass is 79.9. The number of thiophene rings is 1. The van der Waals surface area contributed by atoms with Gasteiger partial charge in [-0.05, 0) is 43.1 Å². The number of nitrogens with zero attached hydrogens (tertiary/aromatic N) is 1. The number of hydrogen-bond donors (Lipinski definition) is 1. The predicted molar refractivity (Wildman–Crippen MR) is 86.4 cm³/mol. The Morgan fingerprint density at radius 3 is 2.70 bits per heavy atom. The molecule has 0 saturated carbocycles. The van der Waals surface area contributed by atoms with Gasteiger partial charge in [-0.2, -0.15) is 0 Å². The summed E-state index contributed by atoms with van der Waals surface area (Å²) in [4.78, 5) is 3.52. The number of likely N-dealkylation sites (N-methyl/N-ethyl adjacent to an activating group) is 1. The zero-order chi connectivity index (χ0) is 14.7. The first-order valence-electron chi connectivity index (χ1n) is 6.45. The summed E-state index contributed by atoms with van der Waals surface area (Å²) in [5.74, 6) is -0.245. The summed E-state index contributed by atoms with van der Waals surface area (Å²) in [6.07, 6.45) is 0. The first kappa shape index (κ1) is 15.6. The van der Waals surface area contributed by atoms with Crippen LogP contribution in [0.15, 0.2) is 40.2 Å². The molecule has 0 fully saturated rings. The van der Waals surface area contributed by atoms with E-state index in [-0.39, 0.29) is 17.9 Å². The minimum absolute atomic E-state index is 0.0436. The molecule has 2 unspecified atom stereocenters. The van der Waals surface area contributed by atoms with Crippen molar-refractivity contribution >= 4 is 27.3 Å². The molecule has 0 aliphatic rings. The van der Waals surface area contributed by atoms with Crippen molar-refractivity contribution in [2.45, 2.75) is 19.0 Å². The smallest absolute Gasteiger partial charge is 0.124 e. The second kappa shape index (κ2) is 6.80. The molecular weight excluding hydrogens is 339 g/mol. The lowest BCUT2D eigenvalue weighted by Crippen LogP contribution is -2.32. The maximum absolute atomic E-state index is 13.2. The third kappa shape index (κ3) is 3.28. The molecular formula is C15H18BrFN2S. The Bertz CT molecular complexity index is 559. The lowest BCUT2D eigenvalue weighted by atomic mass is 10.0. The van der Waals surface area contributed by atoms with Gasteiger partial charge in [0, 0.05) is 28.0 Å². The van der Waals surface area contributed by atoms with Crippen LogP contribution < -0.4 is 5.73 Å². The zero-order valence-electron chi connectivity index (χ0n) is 11.5. The summed E-state index contributed by atoms with van der Waals surface area (Å²) in [6.45, 7) is 2.64. The molecule has 2 atom stereocenters. The van der Waals surface area contributed by atoms with E-state index in [0.717, 1.165) is 10.0 Å². The summed E-state index contributed by atoms with van der Waals surface area (Å²) in [5.41, 5.74) is 6.96. The van der Waals surface area contributed by atoms with E-state index in [2.05, 4.69) is 52.3 Å². The van der Waals surface area contributed by atoms with E-state index in [0.29, 0.717) is 6.54 Å². The maximum atomic E-state index is 13.2. The zero-order valence-corrected chi connectivity index (χ0v) is 13.9. The third-order valence-corrected chi connectivity index (χ3v) is 5.33. The fourth-order valence-electron chi connectivity index (χ4n) is 2.28. The number of halogens is 2. The molecule has 1 aromatic heterocycles. The highest BCUT2D eigenvalue weighted by Gasteiger charge is 2.23. The van der Waals surface area contributed by atoms with Crippen LogP contribution in [0.2, 0.25) is 0 Å². The molecule has 0 spiro atoms. The molecule has 0 bridgehead atoms. The van der Waals surface area contributed by atoms with Crippen LogP contribution in [0.25, 0.3) is 0 Å². The van der Waals surface area contributed by atoms with Crippen molar-refractivity contribution in [3.8, 4) is 0 Å². The molecule has 2 N–H and O–H groups in total. The minimum atomic E-state index is -0.245. The van der Waals surface area contributed by atoms with Crippen LogP contribution >= 0.6 is 27.3 Å². The molecule has 0 saturated heterocycles. The van der Waals surface area contributed by atoms with Crippen LogP contribution in [0.4, 0.5) is 4.39 Å². The van der Waals surface area contributed by atoms with Gasteiger partial charge in [0.1, 0.15) is 5.82 Å². The highest BCUT2D eigenvalue weighted by molar-refractivity contribution is 9.10. The first-order chi connectivity index (χ1) is 9.54. The molecule has 0 aliphatic heterocycles. The van der Waals surface area contributed by atoms with Gasteiger partial charge in [0.15, 0.2) is 0 Å². The van der Waals surface area contributed by atoms with Gasteiger partial charge in [0.05, 0.1) is 0 Å². The van der Waals surface area contributed by atoms with Crippen molar-refractivity contribution in [2.75, 3.05) is 13.6 Å². The van der Waals surface area contributed by atoms with Crippen molar-refractivity contribution in [3.05, 3.63) is 56.4 Å². The van der Waals surface area contributed by atoms with Gasteiger partial charge in [-0.25, -0.2) is 4.39 Å². The lowest BCUT2D eigenvalue weighted by Gasteiger charge is -2.33. The molecule has 1 aromatic carbocycles. The molecule has 1 heterocycles. The summed E-state index contributed by atoms with van der Waals surface area (Å²) >= 11 is 5.17. The molecule has 0 radical (unpaired) electrons. The number of benzene rings is 1. The van der Waals surface area contributed by atoms with Gasteiger partial charge >= 0.3 is 0 Å². The van der Waals surface area contributed by atoms with Crippen molar-refractivity contribution in [1.82, 2.24) is 4.90 Å². The lowest BCUT2D eigenvalue weighted by molar-refractivity contribution is 0.192. The monoisotopic (exact) mass is 356 g/mol. The first-order valence-corrected chi connectivity index (χ1v) is 8.12. The van der Waals surface area contributed by atoms with E-state index in [4.69, 9.17) is 5.73 Å². The third-order valence-electron chi connectivity index (χ3n) is 3.60. The second-order valence-electron chi connectivity index (χ2n) is 4.77. The molecule has 2 aromatic rings. The fraction of sp³-hybridized carbons (Fsp3) is 0.333. The SMILES string of the molecule is CC(c1cccs1)N(C)C(CN)c1ccc(F)cc1Br. The summed E-state index contributed by atoms with van der Waals surface area (Å²) in [5, 5.41) is 2.07. The summed E-state index contributed by atoms with van der Waals surface area (Å²) in [7, 11) is 2.05. The molecule has 20 heavy (non-hydrogen) atoms. The van der Waals surface area contributed by atoms with Crippen molar-refractivity contribution in [1.29, 1.82) is 0 Å². The number of hydrogen-bond acceptors (Lipinski definition) is 3. The molecule has 2 nitrogen and oxygen atoms in total.